The zero-order valence-electron chi connectivity index (χ0n) is 12.0. The molecule has 0 aromatic carbocycles. The van der Waals surface area contributed by atoms with Crippen LogP contribution >= 0.6 is 0 Å². The smallest absolute Gasteiger partial charge is 0.0631 e. The van der Waals surface area contributed by atoms with Crippen molar-refractivity contribution in [2.75, 3.05) is 19.8 Å². The first kappa shape index (κ1) is 15.9. The largest absolute Gasteiger partial charge is 0.392 e. The second-order valence-electron chi connectivity index (χ2n) is 5.79. The lowest BCUT2D eigenvalue weighted by molar-refractivity contribution is 0.0133. The summed E-state index contributed by atoms with van der Waals surface area (Å²) >= 11 is 0. The van der Waals surface area contributed by atoms with Crippen LogP contribution in [0.2, 0.25) is 0 Å². The second-order valence-corrected chi connectivity index (χ2v) is 5.79. The van der Waals surface area contributed by atoms with Crippen molar-refractivity contribution < 1.29 is 9.84 Å². The normalized spacial score (nSPS) is 25.5. The molecule has 2 unspecified atom stereocenters. The second kappa shape index (κ2) is 8.89. The van der Waals surface area contributed by atoms with E-state index in [0.29, 0.717) is 13.2 Å². The molecule has 1 aliphatic heterocycles. The van der Waals surface area contributed by atoms with Crippen LogP contribution in [0.25, 0.3) is 0 Å². The predicted octanol–water partition coefficient (Wildman–Crippen LogP) is 2.85. The van der Waals surface area contributed by atoms with Gasteiger partial charge >= 0.3 is 0 Å². The number of hydrogen-bond donors (Lipinski definition) is 2. The minimum Gasteiger partial charge on any atom is -0.392 e. The van der Waals surface area contributed by atoms with Crippen molar-refractivity contribution in [3.63, 3.8) is 0 Å². The molecule has 3 heteroatoms. The van der Waals surface area contributed by atoms with Gasteiger partial charge in [0.2, 0.25) is 0 Å². The molecule has 0 radical (unpaired) electrons. The summed E-state index contributed by atoms with van der Waals surface area (Å²) in [5.74, 6) is 0. The van der Waals surface area contributed by atoms with Crippen LogP contribution in [0.3, 0.4) is 0 Å². The Labute approximate surface area is 112 Å². The highest BCUT2D eigenvalue weighted by atomic mass is 16.5. The Morgan fingerprint density at radius 1 is 1.17 bits per heavy atom. The molecule has 3 nitrogen and oxygen atoms in total. The maximum atomic E-state index is 10.3. The first-order valence-electron chi connectivity index (χ1n) is 7.71. The molecular weight excluding hydrogens is 226 g/mol. The van der Waals surface area contributed by atoms with E-state index in [1.165, 1.54) is 38.5 Å². The standard InChI is InChI=1S/C15H31NO2/c1-2-3-4-5-6-7-8-9-14(17)15(12-16)10-11-18-13-15/h14,17H,2-13,16H2,1H3. The van der Waals surface area contributed by atoms with Crippen LogP contribution in [-0.2, 0) is 4.74 Å². The lowest BCUT2D eigenvalue weighted by atomic mass is 9.79. The van der Waals surface area contributed by atoms with Gasteiger partial charge in [0, 0.05) is 18.6 Å². The SMILES string of the molecule is CCCCCCCCCC(O)C1(CN)CCOC1. The van der Waals surface area contributed by atoms with Gasteiger partial charge in [0.1, 0.15) is 0 Å². The fraction of sp³-hybridized carbons (Fsp3) is 1.00. The van der Waals surface area contributed by atoms with Gasteiger partial charge in [0.05, 0.1) is 12.7 Å². The average Bonchev–Trinajstić information content (AvgIpc) is 2.87. The van der Waals surface area contributed by atoms with Crippen molar-refractivity contribution in [2.24, 2.45) is 11.1 Å². The Balaban J connectivity index is 2.07. The van der Waals surface area contributed by atoms with E-state index in [4.69, 9.17) is 10.5 Å². The maximum Gasteiger partial charge on any atom is 0.0631 e. The summed E-state index contributed by atoms with van der Waals surface area (Å²) in [5.41, 5.74) is 5.66. The Kier molecular flexibility index (Phi) is 7.87. The molecule has 0 saturated carbocycles. The van der Waals surface area contributed by atoms with Gasteiger partial charge in [-0.2, -0.15) is 0 Å². The molecule has 3 N–H and O–H groups in total. The summed E-state index contributed by atoms with van der Waals surface area (Å²) in [4.78, 5) is 0. The third kappa shape index (κ3) is 4.87. The van der Waals surface area contributed by atoms with E-state index in [9.17, 15) is 5.11 Å². The van der Waals surface area contributed by atoms with E-state index < -0.39 is 0 Å². The summed E-state index contributed by atoms with van der Waals surface area (Å²) in [6.07, 6.45) is 10.6. The molecule has 0 aliphatic carbocycles. The van der Waals surface area contributed by atoms with Crippen LogP contribution in [0.4, 0.5) is 0 Å². The molecule has 1 heterocycles. The van der Waals surface area contributed by atoms with Gasteiger partial charge in [-0.05, 0) is 12.8 Å². The number of unbranched alkanes of at least 4 members (excludes halogenated alkanes) is 6. The summed E-state index contributed by atoms with van der Waals surface area (Å²) < 4.78 is 5.40. The Morgan fingerprint density at radius 2 is 1.83 bits per heavy atom. The maximum absolute atomic E-state index is 10.3. The minimum atomic E-state index is -0.277. The van der Waals surface area contributed by atoms with E-state index in [0.717, 1.165) is 25.9 Å². The summed E-state index contributed by atoms with van der Waals surface area (Å²) in [6.45, 7) is 4.18. The lowest BCUT2D eigenvalue weighted by Crippen LogP contribution is -2.42. The monoisotopic (exact) mass is 257 g/mol. The molecule has 0 aromatic rings. The fourth-order valence-corrected chi connectivity index (χ4v) is 2.78. The number of nitrogens with two attached hydrogens (primary N) is 1. The molecule has 0 spiro atoms. The van der Waals surface area contributed by atoms with Crippen molar-refractivity contribution >= 4 is 0 Å². The number of aliphatic hydroxyl groups is 1. The van der Waals surface area contributed by atoms with Crippen LogP contribution in [0.1, 0.15) is 64.7 Å². The van der Waals surface area contributed by atoms with Crippen LogP contribution in [-0.4, -0.2) is 31.0 Å². The van der Waals surface area contributed by atoms with Crippen LogP contribution in [0.15, 0.2) is 0 Å². The molecule has 1 fully saturated rings. The third-order valence-corrected chi connectivity index (χ3v) is 4.33. The molecule has 108 valence electrons. The van der Waals surface area contributed by atoms with Crippen molar-refractivity contribution in [1.82, 2.24) is 0 Å². The van der Waals surface area contributed by atoms with Gasteiger partial charge in [0.25, 0.3) is 0 Å². The van der Waals surface area contributed by atoms with Gasteiger partial charge in [-0.3, -0.25) is 0 Å². The third-order valence-electron chi connectivity index (χ3n) is 4.33. The highest BCUT2D eigenvalue weighted by Crippen LogP contribution is 2.33. The molecule has 1 saturated heterocycles. The molecule has 18 heavy (non-hydrogen) atoms. The summed E-state index contributed by atoms with van der Waals surface area (Å²) in [6, 6.07) is 0. The van der Waals surface area contributed by atoms with E-state index in [-0.39, 0.29) is 11.5 Å². The number of aliphatic hydroxyl groups excluding tert-OH is 1. The van der Waals surface area contributed by atoms with Crippen molar-refractivity contribution in [3.8, 4) is 0 Å². The van der Waals surface area contributed by atoms with Gasteiger partial charge in [0.15, 0.2) is 0 Å². The minimum absolute atomic E-state index is 0.151. The van der Waals surface area contributed by atoms with Crippen LogP contribution in [0, 0.1) is 5.41 Å². The van der Waals surface area contributed by atoms with Crippen LogP contribution < -0.4 is 5.73 Å². The zero-order valence-corrected chi connectivity index (χ0v) is 12.0. The van der Waals surface area contributed by atoms with E-state index in [1.54, 1.807) is 0 Å². The molecule has 0 bridgehead atoms. The van der Waals surface area contributed by atoms with Gasteiger partial charge in [-0.25, -0.2) is 0 Å². The predicted molar refractivity (Wildman–Crippen MR) is 75.5 cm³/mol. The molecule has 2 atom stereocenters. The molecule has 1 aliphatic rings. The van der Waals surface area contributed by atoms with Crippen molar-refractivity contribution in [2.45, 2.75) is 70.8 Å². The summed E-state index contributed by atoms with van der Waals surface area (Å²) in [7, 11) is 0. The molecule has 0 amide bonds. The van der Waals surface area contributed by atoms with Gasteiger partial charge < -0.3 is 15.6 Å². The van der Waals surface area contributed by atoms with Gasteiger partial charge in [-0.15, -0.1) is 0 Å². The topological polar surface area (TPSA) is 55.5 Å². The lowest BCUT2D eigenvalue weighted by Gasteiger charge is -2.31. The number of rotatable bonds is 10. The quantitative estimate of drug-likeness (QED) is 0.592. The molecular formula is C15H31NO2. The van der Waals surface area contributed by atoms with Crippen molar-refractivity contribution in [3.05, 3.63) is 0 Å². The fourth-order valence-electron chi connectivity index (χ4n) is 2.78. The number of ether oxygens (including phenoxy) is 1. The van der Waals surface area contributed by atoms with E-state index >= 15 is 0 Å². The Hall–Kier alpha value is -0.120. The van der Waals surface area contributed by atoms with Crippen LogP contribution in [0.5, 0.6) is 0 Å². The first-order valence-corrected chi connectivity index (χ1v) is 7.71. The number of hydrogen-bond acceptors (Lipinski definition) is 3. The highest BCUT2D eigenvalue weighted by molar-refractivity contribution is 4.90. The molecule has 1 rings (SSSR count). The van der Waals surface area contributed by atoms with Gasteiger partial charge in [-0.1, -0.05) is 51.9 Å². The van der Waals surface area contributed by atoms with Crippen molar-refractivity contribution in [1.29, 1.82) is 0 Å². The summed E-state index contributed by atoms with van der Waals surface area (Å²) in [5, 5.41) is 10.3. The Bertz CT molecular complexity index is 203. The van der Waals surface area contributed by atoms with E-state index in [2.05, 4.69) is 6.92 Å². The average molecular weight is 257 g/mol. The highest BCUT2D eigenvalue weighted by Gasteiger charge is 2.39. The zero-order chi connectivity index (χ0) is 13.3. The Morgan fingerprint density at radius 3 is 2.39 bits per heavy atom. The van der Waals surface area contributed by atoms with E-state index in [1.807, 2.05) is 0 Å². The first-order chi connectivity index (χ1) is 8.75. The molecule has 0 aromatic heterocycles.